The normalized spacial score (nSPS) is 28.4. The van der Waals surface area contributed by atoms with Crippen molar-refractivity contribution >= 4 is 16.8 Å². The highest BCUT2D eigenvalue weighted by molar-refractivity contribution is 5.90. The first-order valence-corrected chi connectivity index (χ1v) is 7.39. The highest BCUT2D eigenvalue weighted by atomic mass is 16.6. The minimum absolute atomic E-state index is 0.362. The van der Waals surface area contributed by atoms with E-state index >= 15 is 0 Å². The van der Waals surface area contributed by atoms with Gasteiger partial charge < -0.3 is 29.8 Å². The number of nitrogens with zero attached hydrogens (tertiary/aromatic N) is 1. The third-order valence-electron chi connectivity index (χ3n) is 3.91. The zero-order chi connectivity index (χ0) is 15.7. The Morgan fingerprint density at radius 1 is 1.32 bits per heavy atom. The molecule has 1 fully saturated rings. The molecular formula is C15H20N2O5. The summed E-state index contributed by atoms with van der Waals surface area (Å²) >= 11 is 0. The van der Waals surface area contributed by atoms with Gasteiger partial charge in [0.15, 0.2) is 0 Å². The van der Waals surface area contributed by atoms with Gasteiger partial charge in [-0.15, -0.1) is 0 Å². The molecule has 2 aromatic heterocycles. The summed E-state index contributed by atoms with van der Waals surface area (Å²) in [4.78, 5) is 4.37. The van der Waals surface area contributed by atoms with Crippen molar-refractivity contribution in [1.82, 2.24) is 4.98 Å². The number of furan rings is 1. The summed E-state index contributed by atoms with van der Waals surface area (Å²) in [7, 11) is 0. The van der Waals surface area contributed by atoms with Crippen molar-refractivity contribution in [2.75, 3.05) is 18.5 Å². The zero-order valence-corrected chi connectivity index (χ0v) is 12.3. The SMILES string of the molecule is CCCNc1ncc([C@@H]2O[C@H](CO)[C@@H](O)[C@H]2O)c2occc12. The number of hydrogen-bond acceptors (Lipinski definition) is 7. The molecule has 0 unspecified atom stereocenters. The van der Waals surface area contributed by atoms with E-state index in [1.165, 1.54) is 0 Å². The summed E-state index contributed by atoms with van der Waals surface area (Å²) < 4.78 is 11.1. The number of aromatic nitrogens is 1. The van der Waals surface area contributed by atoms with Gasteiger partial charge in [-0.25, -0.2) is 4.98 Å². The Morgan fingerprint density at radius 2 is 2.14 bits per heavy atom. The molecule has 2 aromatic rings. The maximum Gasteiger partial charge on any atom is 0.145 e. The van der Waals surface area contributed by atoms with Crippen molar-refractivity contribution in [3.63, 3.8) is 0 Å². The monoisotopic (exact) mass is 308 g/mol. The van der Waals surface area contributed by atoms with Gasteiger partial charge in [-0.1, -0.05) is 6.92 Å². The van der Waals surface area contributed by atoms with Crippen LogP contribution in [0.2, 0.25) is 0 Å². The van der Waals surface area contributed by atoms with Gasteiger partial charge in [0.05, 0.1) is 18.3 Å². The van der Waals surface area contributed by atoms with Crippen molar-refractivity contribution in [3.8, 4) is 0 Å². The van der Waals surface area contributed by atoms with Crippen LogP contribution in [0, 0.1) is 0 Å². The van der Waals surface area contributed by atoms with Crippen molar-refractivity contribution in [2.24, 2.45) is 0 Å². The number of ether oxygens (including phenoxy) is 1. The molecule has 4 atom stereocenters. The second-order valence-electron chi connectivity index (χ2n) is 5.41. The van der Waals surface area contributed by atoms with Crippen LogP contribution >= 0.6 is 0 Å². The maximum atomic E-state index is 10.1. The molecule has 1 aliphatic heterocycles. The van der Waals surface area contributed by atoms with Gasteiger partial charge in [0.1, 0.15) is 35.8 Å². The number of aliphatic hydroxyl groups excluding tert-OH is 3. The molecule has 22 heavy (non-hydrogen) atoms. The molecule has 4 N–H and O–H groups in total. The van der Waals surface area contributed by atoms with E-state index in [9.17, 15) is 15.3 Å². The summed E-state index contributed by atoms with van der Waals surface area (Å²) in [6, 6.07) is 1.80. The molecule has 3 rings (SSSR count). The Hall–Kier alpha value is -1.67. The fraction of sp³-hybridized carbons (Fsp3) is 0.533. The van der Waals surface area contributed by atoms with Crippen LogP contribution in [0.25, 0.3) is 11.0 Å². The minimum Gasteiger partial charge on any atom is -0.464 e. The summed E-state index contributed by atoms with van der Waals surface area (Å²) in [5.74, 6) is 0.709. The Morgan fingerprint density at radius 3 is 2.82 bits per heavy atom. The zero-order valence-electron chi connectivity index (χ0n) is 12.3. The Labute approximate surface area is 127 Å². The number of nitrogens with one attached hydrogen (secondary N) is 1. The molecular weight excluding hydrogens is 288 g/mol. The van der Waals surface area contributed by atoms with Crippen molar-refractivity contribution in [3.05, 3.63) is 24.1 Å². The summed E-state index contributed by atoms with van der Waals surface area (Å²) in [6.07, 6.45) is 0.215. The van der Waals surface area contributed by atoms with Crippen molar-refractivity contribution < 1.29 is 24.5 Å². The average molecular weight is 308 g/mol. The van der Waals surface area contributed by atoms with E-state index in [0.717, 1.165) is 18.4 Å². The molecule has 0 spiro atoms. The molecule has 0 bridgehead atoms. The quantitative estimate of drug-likeness (QED) is 0.647. The molecule has 7 heteroatoms. The third kappa shape index (κ3) is 2.46. The van der Waals surface area contributed by atoms with Crippen LogP contribution in [-0.4, -0.2) is 51.8 Å². The third-order valence-corrected chi connectivity index (χ3v) is 3.91. The van der Waals surface area contributed by atoms with Crippen LogP contribution in [-0.2, 0) is 4.74 Å². The molecule has 0 amide bonds. The molecule has 0 saturated carbocycles. The van der Waals surface area contributed by atoms with E-state index < -0.39 is 24.4 Å². The molecule has 120 valence electrons. The van der Waals surface area contributed by atoms with Crippen LogP contribution < -0.4 is 5.32 Å². The Bertz CT molecular complexity index is 644. The van der Waals surface area contributed by atoms with Gasteiger partial charge in [0, 0.05) is 18.3 Å². The number of aliphatic hydroxyl groups is 3. The fourth-order valence-electron chi connectivity index (χ4n) is 2.73. The fourth-order valence-corrected chi connectivity index (χ4v) is 2.73. The first-order chi connectivity index (χ1) is 10.7. The molecule has 0 aliphatic carbocycles. The second-order valence-corrected chi connectivity index (χ2v) is 5.41. The van der Waals surface area contributed by atoms with Gasteiger partial charge in [0.25, 0.3) is 0 Å². The van der Waals surface area contributed by atoms with E-state index in [0.29, 0.717) is 17.0 Å². The minimum atomic E-state index is -1.14. The predicted octanol–water partition coefficient (Wildman–Crippen LogP) is 0.804. The van der Waals surface area contributed by atoms with E-state index in [-0.39, 0.29) is 6.61 Å². The van der Waals surface area contributed by atoms with Crippen LogP contribution in [0.1, 0.15) is 25.0 Å². The second kappa shape index (κ2) is 6.21. The van der Waals surface area contributed by atoms with Crippen LogP contribution in [0.3, 0.4) is 0 Å². The van der Waals surface area contributed by atoms with Gasteiger partial charge >= 0.3 is 0 Å². The summed E-state index contributed by atoms with van der Waals surface area (Å²) in [5.41, 5.74) is 1.12. The standard InChI is InChI=1S/C15H20N2O5/c1-2-4-16-15-8-3-5-21-13(8)9(6-17-15)14-12(20)11(19)10(7-18)22-14/h3,5-6,10-12,14,18-20H,2,4,7H2,1H3,(H,16,17)/t10-,11-,12-,14+/m1/s1. The smallest absolute Gasteiger partial charge is 0.145 e. The number of rotatable bonds is 5. The molecule has 7 nitrogen and oxygen atoms in total. The highest BCUT2D eigenvalue weighted by Gasteiger charge is 2.44. The molecule has 0 radical (unpaired) electrons. The number of fused-ring (bicyclic) bond motifs is 1. The lowest BCUT2D eigenvalue weighted by molar-refractivity contribution is -0.0226. The lowest BCUT2D eigenvalue weighted by Crippen LogP contribution is -2.32. The summed E-state index contributed by atoms with van der Waals surface area (Å²) in [5, 5.41) is 33.2. The number of anilines is 1. The van der Waals surface area contributed by atoms with Gasteiger partial charge in [0.2, 0.25) is 0 Å². The van der Waals surface area contributed by atoms with Gasteiger partial charge in [-0.3, -0.25) is 0 Å². The Balaban J connectivity index is 1.97. The van der Waals surface area contributed by atoms with E-state index in [2.05, 4.69) is 17.2 Å². The lowest BCUT2D eigenvalue weighted by Gasteiger charge is -2.16. The molecule has 1 aliphatic rings. The largest absolute Gasteiger partial charge is 0.464 e. The van der Waals surface area contributed by atoms with Crippen LogP contribution in [0.5, 0.6) is 0 Å². The molecule has 1 saturated heterocycles. The predicted molar refractivity (Wildman–Crippen MR) is 79.5 cm³/mol. The highest BCUT2D eigenvalue weighted by Crippen LogP contribution is 2.38. The number of pyridine rings is 1. The van der Waals surface area contributed by atoms with E-state index in [4.69, 9.17) is 9.15 Å². The molecule has 3 heterocycles. The van der Waals surface area contributed by atoms with Crippen molar-refractivity contribution in [2.45, 2.75) is 37.8 Å². The summed E-state index contributed by atoms with van der Waals surface area (Å²) in [6.45, 7) is 2.49. The topological polar surface area (TPSA) is 108 Å². The van der Waals surface area contributed by atoms with E-state index in [1.807, 2.05) is 0 Å². The van der Waals surface area contributed by atoms with Gasteiger partial charge in [-0.2, -0.15) is 0 Å². The van der Waals surface area contributed by atoms with Crippen LogP contribution in [0.4, 0.5) is 5.82 Å². The average Bonchev–Trinajstić information content (AvgIpc) is 3.12. The first-order valence-electron chi connectivity index (χ1n) is 7.39. The number of hydrogen-bond donors (Lipinski definition) is 4. The maximum absolute atomic E-state index is 10.1. The van der Waals surface area contributed by atoms with E-state index in [1.54, 1.807) is 18.5 Å². The van der Waals surface area contributed by atoms with Gasteiger partial charge in [-0.05, 0) is 12.5 Å². The first kappa shape index (κ1) is 15.2. The van der Waals surface area contributed by atoms with Crippen molar-refractivity contribution in [1.29, 1.82) is 0 Å². The molecule has 0 aromatic carbocycles. The van der Waals surface area contributed by atoms with Crippen LogP contribution in [0.15, 0.2) is 22.9 Å². The Kier molecular flexibility index (Phi) is 4.30. The lowest BCUT2D eigenvalue weighted by atomic mass is 10.0.